The number of terminal acetylenes is 1. The molecule has 0 radical (unpaired) electrons. The molecule has 0 aliphatic heterocycles. The van der Waals surface area contributed by atoms with Crippen LogP contribution in [0.25, 0.3) is 0 Å². The Morgan fingerprint density at radius 3 is 3.00 bits per heavy atom. The van der Waals surface area contributed by atoms with E-state index in [4.69, 9.17) is 10.8 Å². The van der Waals surface area contributed by atoms with Crippen LogP contribution in [0.15, 0.2) is 22.8 Å². The predicted molar refractivity (Wildman–Crippen MR) is 45.1 cm³/mol. The molecule has 1 aromatic rings. The summed E-state index contributed by atoms with van der Waals surface area (Å²) in [6, 6.07) is 3.91. The summed E-state index contributed by atoms with van der Waals surface area (Å²) in [7, 11) is 0. The fourth-order valence-corrected chi connectivity index (χ4v) is 0.981. The lowest BCUT2D eigenvalue weighted by Crippen LogP contribution is -1.80. The molecule has 0 bridgehead atoms. The van der Waals surface area contributed by atoms with E-state index in [1.807, 2.05) is 12.1 Å². The lowest BCUT2D eigenvalue weighted by molar-refractivity contribution is 0.499. The van der Waals surface area contributed by atoms with Crippen molar-refractivity contribution in [3.8, 4) is 12.3 Å². The number of hydrogen-bond donors (Lipinski definition) is 0. The van der Waals surface area contributed by atoms with Gasteiger partial charge in [-0.05, 0) is 25.0 Å². The first-order valence-corrected chi connectivity index (χ1v) is 3.89. The first-order valence-electron chi connectivity index (χ1n) is 3.89. The van der Waals surface area contributed by atoms with Gasteiger partial charge in [0.2, 0.25) is 0 Å². The Kier molecular flexibility index (Phi) is 3.34. The standard InChI is InChI=1S/C10H12O/c1-2-3-4-5-7-10-8-6-9-11-10/h1,6,8-9H,3-5,7H2. The lowest BCUT2D eigenvalue weighted by atomic mass is 10.2. The Morgan fingerprint density at radius 1 is 1.45 bits per heavy atom. The van der Waals surface area contributed by atoms with Gasteiger partial charge in [-0.15, -0.1) is 12.3 Å². The zero-order valence-electron chi connectivity index (χ0n) is 6.55. The van der Waals surface area contributed by atoms with Crippen molar-refractivity contribution < 1.29 is 4.42 Å². The van der Waals surface area contributed by atoms with Crippen molar-refractivity contribution in [3.63, 3.8) is 0 Å². The predicted octanol–water partition coefficient (Wildman–Crippen LogP) is 2.63. The summed E-state index contributed by atoms with van der Waals surface area (Å²) in [5, 5.41) is 0. The number of rotatable bonds is 4. The monoisotopic (exact) mass is 148 g/mol. The molecule has 1 heterocycles. The van der Waals surface area contributed by atoms with E-state index in [2.05, 4.69) is 5.92 Å². The van der Waals surface area contributed by atoms with Gasteiger partial charge in [-0.3, -0.25) is 0 Å². The van der Waals surface area contributed by atoms with Gasteiger partial charge in [0, 0.05) is 12.8 Å². The highest BCUT2D eigenvalue weighted by molar-refractivity contribution is 4.98. The average Bonchev–Trinajstić information content (AvgIpc) is 2.50. The Balaban J connectivity index is 2.10. The van der Waals surface area contributed by atoms with Crippen LogP contribution in [0, 0.1) is 12.3 Å². The molecule has 0 aliphatic carbocycles. The summed E-state index contributed by atoms with van der Waals surface area (Å²) < 4.78 is 5.16. The smallest absolute Gasteiger partial charge is 0.103 e. The lowest BCUT2D eigenvalue weighted by Gasteiger charge is -1.93. The van der Waals surface area contributed by atoms with Gasteiger partial charge in [-0.2, -0.15) is 0 Å². The summed E-state index contributed by atoms with van der Waals surface area (Å²) in [4.78, 5) is 0. The Bertz CT molecular complexity index is 216. The first-order chi connectivity index (χ1) is 5.43. The molecule has 0 aromatic carbocycles. The molecule has 0 amide bonds. The third kappa shape index (κ3) is 2.95. The zero-order chi connectivity index (χ0) is 7.94. The highest BCUT2D eigenvalue weighted by Crippen LogP contribution is 2.06. The van der Waals surface area contributed by atoms with E-state index in [1.54, 1.807) is 6.26 Å². The maximum atomic E-state index is 5.16. The molecule has 0 saturated heterocycles. The molecule has 0 saturated carbocycles. The molecule has 0 unspecified atom stereocenters. The van der Waals surface area contributed by atoms with Crippen molar-refractivity contribution in [2.24, 2.45) is 0 Å². The molecule has 0 N–H and O–H groups in total. The van der Waals surface area contributed by atoms with Crippen LogP contribution >= 0.6 is 0 Å². The van der Waals surface area contributed by atoms with Gasteiger partial charge in [0.05, 0.1) is 6.26 Å². The summed E-state index contributed by atoms with van der Waals surface area (Å²) >= 11 is 0. The summed E-state index contributed by atoms with van der Waals surface area (Å²) in [5.74, 6) is 3.67. The SMILES string of the molecule is C#CCCCCc1ccco1. The molecule has 1 heteroatoms. The van der Waals surface area contributed by atoms with Crippen molar-refractivity contribution in [2.75, 3.05) is 0 Å². The maximum absolute atomic E-state index is 5.16. The first kappa shape index (κ1) is 7.94. The van der Waals surface area contributed by atoms with Gasteiger partial charge in [0.25, 0.3) is 0 Å². The fraction of sp³-hybridized carbons (Fsp3) is 0.400. The van der Waals surface area contributed by atoms with Gasteiger partial charge < -0.3 is 4.42 Å². The van der Waals surface area contributed by atoms with E-state index >= 15 is 0 Å². The second-order valence-electron chi connectivity index (χ2n) is 2.49. The molecule has 1 rings (SSSR count). The minimum atomic E-state index is 0.876. The zero-order valence-corrected chi connectivity index (χ0v) is 6.55. The summed E-state index contributed by atoms with van der Waals surface area (Å²) in [6.07, 6.45) is 10.9. The average molecular weight is 148 g/mol. The normalized spacial score (nSPS) is 9.36. The van der Waals surface area contributed by atoms with E-state index in [0.717, 1.165) is 31.4 Å². The van der Waals surface area contributed by atoms with Gasteiger partial charge in [-0.1, -0.05) is 0 Å². The molecule has 1 aromatic heterocycles. The largest absolute Gasteiger partial charge is 0.469 e. The van der Waals surface area contributed by atoms with Crippen LogP contribution in [-0.4, -0.2) is 0 Å². The maximum Gasteiger partial charge on any atom is 0.103 e. The number of unbranched alkanes of at least 4 members (excludes halogenated alkanes) is 2. The highest BCUT2D eigenvalue weighted by Gasteiger charge is 1.93. The van der Waals surface area contributed by atoms with Gasteiger partial charge in [0.1, 0.15) is 5.76 Å². The van der Waals surface area contributed by atoms with E-state index in [0.29, 0.717) is 0 Å². The van der Waals surface area contributed by atoms with Crippen LogP contribution in [0.3, 0.4) is 0 Å². The third-order valence-electron chi connectivity index (χ3n) is 1.57. The quantitative estimate of drug-likeness (QED) is 0.472. The van der Waals surface area contributed by atoms with Crippen molar-refractivity contribution in [3.05, 3.63) is 24.2 Å². The van der Waals surface area contributed by atoms with Crippen LogP contribution in [0.5, 0.6) is 0 Å². The molecular weight excluding hydrogens is 136 g/mol. The second kappa shape index (κ2) is 4.62. The van der Waals surface area contributed by atoms with Crippen molar-refractivity contribution in [2.45, 2.75) is 25.7 Å². The van der Waals surface area contributed by atoms with Crippen LogP contribution in [0.1, 0.15) is 25.0 Å². The number of furan rings is 1. The second-order valence-corrected chi connectivity index (χ2v) is 2.49. The minimum Gasteiger partial charge on any atom is -0.469 e. The van der Waals surface area contributed by atoms with E-state index in [1.165, 1.54) is 0 Å². The van der Waals surface area contributed by atoms with Gasteiger partial charge in [-0.25, -0.2) is 0 Å². The van der Waals surface area contributed by atoms with Crippen molar-refractivity contribution in [1.29, 1.82) is 0 Å². The Hall–Kier alpha value is -1.16. The molecular formula is C10H12O. The topological polar surface area (TPSA) is 13.1 Å². The minimum absolute atomic E-state index is 0.876. The molecule has 0 spiro atoms. The van der Waals surface area contributed by atoms with Crippen molar-refractivity contribution >= 4 is 0 Å². The van der Waals surface area contributed by atoms with Gasteiger partial charge in [0.15, 0.2) is 0 Å². The van der Waals surface area contributed by atoms with Crippen LogP contribution in [0.2, 0.25) is 0 Å². The molecule has 0 atom stereocenters. The summed E-state index contributed by atoms with van der Waals surface area (Å²) in [5.41, 5.74) is 0. The Morgan fingerprint density at radius 2 is 2.36 bits per heavy atom. The molecule has 0 fully saturated rings. The van der Waals surface area contributed by atoms with Crippen LogP contribution < -0.4 is 0 Å². The highest BCUT2D eigenvalue weighted by atomic mass is 16.3. The van der Waals surface area contributed by atoms with Crippen LogP contribution in [-0.2, 0) is 6.42 Å². The van der Waals surface area contributed by atoms with E-state index in [9.17, 15) is 0 Å². The Labute approximate surface area is 67.4 Å². The van der Waals surface area contributed by atoms with E-state index < -0.39 is 0 Å². The van der Waals surface area contributed by atoms with Gasteiger partial charge >= 0.3 is 0 Å². The van der Waals surface area contributed by atoms with Crippen molar-refractivity contribution in [1.82, 2.24) is 0 Å². The fourth-order valence-electron chi connectivity index (χ4n) is 0.981. The molecule has 58 valence electrons. The molecule has 1 nitrogen and oxygen atoms in total. The number of hydrogen-bond acceptors (Lipinski definition) is 1. The third-order valence-corrected chi connectivity index (χ3v) is 1.57. The molecule has 11 heavy (non-hydrogen) atoms. The van der Waals surface area contributed by atoms with Crippen LogP contribution in [0.4, 0.5) is 0 Å². The molecule has 0 aliphatic rings. The number of aryl methyl sites for hydroxylation is 1. The summed E-state index contributed by atoms with van der Waals surface area (Å²) in [6.45, 7) is 0. The van der Waals surface area contributed by atoms with E-state index in [-0.39, 0.29) is 0 Å².